The maximum atomic E-state index is 12.7. The van der Waals surface area contributed by atoms with E-state index in [0.29, 0.717) is 0 Å². The molecule has 1 atom stereocenters. The van der Waals surface area contributed by atoms with Gasteiger partial charge in [-0.15, -0.1) is 0 Å². The van der Waals surface area contributed by atoms with Gasteiger partial charge in [0.05, 0.1) is 12.4 Å². The van der Waals surface area contributed by atoms with E-state index in [0.717, 1.165) is 0 Å². The predicted octanol–water partition coefficient (Wildman–Crippen LogP) is -0.241. The molecule has 0 fully saturated rings. The minimum absolute atomic E-state index is 1.85. The molecule has 0 aliphatic rings. The molecule has 7 nitrogen and oxygen atoms in total. The van der Waals surface area contributed by atoms with Gasteiger partial charge in [0.15, 0.2) is 6.61 Å². The summed E-state index contributed by atoms with van der Waals surface area (Å²) in [5, 5.41) is 7.32. The van der Waals surface area contributed by atoms with Crippen LogP contribution >= 0.6 is 0 Å². The third kappa shape index (κ3) is 5.19. The summed E-state index contributed by atoms with van der Waals surface area (Å²) in [4.78, 5) is 21.2. The molecule has 0 bridgehead atoms. The van der Waals surface area contributed by atoms with Crippen molar-refractivity contribution in [1.82, 2.24) is 0 Å². The van der Waals surface area contributed by atoms with E-state index in [9.17, 15) is 53.8 Å². The molecule has 1 unspecified atom stereocenters. The summed E-state index contributed by atoms with van der Waals surface area (Å²) in [5.74, 6) is -17.2. The number of hydrogen-bond donors (Lipinski definition) is 1. The summed E-state index contributed by atoms with van der Waals surface area (Å²) in [7, 11) is -5.44. The highest BCUT2D eigenvalue weighted by Gasteiger charge is 2.73. The topological polar surface area (TPSA) is 121 Å². The van der Waals surface area contributed by atoms with Gasteiger partial charge in [-0.2, -0.15) is 39.2 Å². The molecule has 0 saturated carbocycles. The highest BCUT2D eigenvalue weighted by Crippen LogP contribution is 2.46. The van der Waals surface area contributed by atoms with Crippen molar-refractivity contribution in [1.29, 1.82) is 0 Å². The molecule has 0 aromatic heterocycles. The van der Waals surface area contributed by atoms with Crippen LogP contribution in [0.2, 0.25) is 0 Å². The van der Waals surface area contributed by atoms with Crippen molar-refractivity contribution in [2.45, 2.75) is 29.7 Å². The molecule has 1 N–H and O–H groups in total. The molecule has 0 amide bonds. The van der Waals surface area contributed by atoms with Crippen LogP contribution < -0.4 is 5.11 Å². The van der Waals surface area contributed by atoms with E-state index in [-0.39, 0.29) is 0 Å². The lowest BCUT2D eigenvalue weighted by atomic mass is 10.2. The lowest BCUT2D eigenvalue weighted by Gasteiger charge is -2.27. The molecule has 0 spiro atoms. The highest BCUT2D eigenvalue weighted by atomic mass is 32.2. The van der Waals surface area contributed by atoms with E-state index in [1.54, 1.807) is 0 Å². The van der Waals surface area contributed by atoms with Crippen LogP contribution in [0.1, 0.15) is 6.42 Å². The number of ether oxygens (including phenoxy) is 1. The van der Waals surface area contributed by atoms with Crippen LogP contribution in [-0.2, 0) is 24.4 Å². The summed E-state index contributed by atoms with van der Waals surface area (Å²) in [6.45, 7) is -2.82. The number of alkyl halides is 7. The Bertz CT molecular complexity index is 568. The van der Waals surface area contributed by atoms with Crippen molar-refractivity contribution in [3.63, 3.8) is 0 Å². The lowest BCUT2D eigenvalue weighted by molar-refractivity contribution is -0.359. The zero-order valence-electron chi connectivity index (χ0n) is 10.4. The Balaban J connectivity index is 4.99. The third-order valence-electron chi connectivity index (χ3n) is 2.20. The number of hydrogen-bond acceptors (Lipinski definition) is 6. The zero-order chi connectivity index (χ0) is 18.9. The summed E-state index contributed by atoms with van der Waals surface area (Å²) in [6.07, 6.45) is -8.53. The highest BCUT2D eigenvalue weighted by molar-refractivity contribution is 7.87. The average molecular weight is 379 g/mol. The largest absolute Gasteiger partial charge is 0.549 e. The number of esters is 1. The minimum atomic E-state index is -6.68. The van der Waals surface area contributed by atoms with E-state index in [4.69, 9.17) is 4.55 Å². The van der Waals surface area contributed by atoms with Crippen LogP contribution in [0.4, 0.5) is 30.7 Å². The molecule has 0 saturated heterocycles. The summed E-state index contributed by atoms with van der Waals surface area (Å²) in [6, 6.07) is 0. The lowest BCUT2D eigenvalue weighted by Crippen LogP contribution is -2.54. The molecule has 0 rings (SSSR count). The summed E-state index contributed by atoms with van der Waals surface area (Å²) >= 11 is 0. The van der Waals surface area contributed by atoms with Crippen molar-refractivity contribution in [2.24, 2.45) is 0 Å². The molecule has 0 aliphatic carbocycles. The number of carboxylic acid groups (broad SMARTS) is 1. The Morgan fingerprint density at radius 2 is 1.52 bits per heavy atom. The summed E-state index contributed by atoms with van der Waals surface area (Å²) in [5.41, 5.74) is 0. The van der Waals surface area contributed by atoms with Gasteiger partial charge in [-0.3, -0.25) is 9.35 Å². The van der Waals surface area contributed by atoms with Gasteiger partial charge >= 0.3 is 24.0 Å². The Kier molecular flexibility index (Phi) is 6.00. The first kappa shape index (κ1) is 21.4. The molecule has 136 valence electrons. The Labute approximate surface area is 122 Å². The van der Waals surface area contributed by atoms with Crippen molar-refractivity contribution < 1.29 is 63.1 Å². The van der Waals surface area contributed by atoms with Gasteiger partial charge in [-0.1, -0.05) is 0 Å². The second-order valence-electron chi connectivity index (χ2n) is 3.96. The van der Waals surface area contributed by atoms with Gasteiger partial charge in [0, 0.05) is 0 Å². The van der Waals surface area contributed by atoms with Crippen LogP contribution in [0.3, 0.4) is 0 Å². The molecule has 0 aromatic carbocycles. The van der Waals surface area contributed by atoms with E-state index >= 15 is 0 Å². The van der Waals surface area contributed by atoms with Crippen LogP contribution in [0.25, 0.3) is 0 Å². The molecular formula is C8H6F7O7S-. The smallest absolute Gasteiger partial charge is 0.460 e. The van der Waals surface area contributed by atoms with E-state index in [1.165, 1.54) is 0 Å². The molecule has 0 radical (unpaired) electrons. The van der Waals surface area contributed by atoms with Gasteiger partial charge in [-0.25, -0.2) is 0 Å². The normalized spacial score (nSPS) is 15.1. The predicted molar refractivity (Wildman–Crippen MR) is 51.9 cm³/mol. The maximum absolute atomic E-state index is 12.7. The van der Waals surface area contributed by atoms with Crippen LogP contribution in [0.15, 0.2) is 0 Å². The molecule has 0 aromatic rings. The molecule has 0 heterocycles. The number of rotatable bonds is 7. The van der Waals surface area contributed by atoms with Crippen LogP contribution in [0, 0.1) is 0 Å². The fraction of sp³-hybridized carbons (Fsp3) is 0.750. The van der Waals surface area contributed by atoms with Crippen LogP contribution in [-0.4, -0.2) is 54.8 Å². The summed E-state index contributed by atoms with van der Waals surface area (Å²) < 4.78 is 118. The first-order valence-electron chi connectivity index (χ1n) is 5.08. The minimum Gasteiger partial charge on any atom is -0.549 e. The van der Waals surface area contributed by atoms with Crippen LogP contribution in [0.5, 0.6) is 0 Å². The van der Waals surface area contributed by atoms with Gasteiger partial charge in [0.2, 0.25) is 0 Å². The van der Waals surface area contributed by atoms with Crippen molar-refractivity contribution in [2.75, 3.05) is 6.61 Å². The maximum Gasteiger partial charge on any atom is 0.460 e. The van der Waals surface area contributed by atoms with Gasteiger partial charge in [0.25, 0.3) is 10.1 Å². The van der Waals surface area contributed by atoms with Gasteiger partial charge in [0.1, 0.15) is 5.25 Å². The van der Waals surface area contributed by atoms with E-state index < -0.39 is 58.4 Å². The van der Waals surface area contributed by atoms with Gasteiger partial charge < -0.3 is 14.6 Å². The first-order chi connectivity index (χ1) is 9.93. The van der Waals surface area contributed by atoms with E-state index in [1.807, 2.05) is 0 Å². The van der Waals surface area contributed by atoms with Crippen molar-refractivity contribution in [3.8, 4) is 0 Å². The zero-order valence-corrected chi connectivity index (χ0v) is 11.3. The SMILES string of the molecule is O=C(CC(C(=O)[O-])S(=O)(=O)O)OCC(F)(F)C(F)(F)C(F)(F)F. The number of carbonyl (C=O) groups is 2. The number of carbonyl (C=O) groups excluding carboxylic acids is 2. The standard InChI is InChI=1S/C8H7F7O7S/c9-6(10,7(11,12)8(13,14)15)2-22-4(16)1-3(5(17)18)23(19,20)21/h3H,1-2H2,(H,17,18)(H,19,20,21)/p-1. The number of carboxylic acids is 1. The molecule has 15 heteroatoms. The molecule has 0 aliphatic heterocycles. The Morgan fingerprint density at radius 3 is 1.83 bits per heavy atom. The van der Waals surface area contributed by atoms with Gasteiger partial charge in [-0.05, 0) is 0 Å². The average Bonchev–Trinajstić information content (AvgIpc) is 2.30. The first-order valence-corrected chi connectivity index (χ1v) is 6.59. The number of aliphatic carboxylic acids is 1. The van der Waals surface area contributed by atoms with Crippen molar-refractivity contribution in [3.05, 3.63) is 0 Å². The van der Waals surface area contributed by atoms with E-state index in [2.05, 4.69) is 4.74 Å². The second kappa shape index (κ2) is 6.46. The quantitative estimate of drug-likeness (QED) is 0.368. The molecular weight excluding hydrogens is 373 g/mol. The second-order valence-corrected chi connectivity index (χ2v) is 5.56. The Morgan fingerprint density at radius 1 is 1.09 bits per heavy atom. The fourth-order valence-corrected chi connectivity index (χ4v) is 1.58. The monoisotopic (exact) mass is 379 g/mol. The fourth-order valence-electron chi connectivity index (χ4n) is 0.990. The van der Waals surface area contributed by atoms with Crippen molar-refractivity contribution >= 4 is 22.1 Å². The third-order valence-corrected chi connectivity index (χ3v) is 3.28. The Hall–Kier alpha value is -1.64. The molecule has 23 heavy (non-hydrogen) atoms. The number of halogens is 7.